The van der Waals surface area contributed by atoms with E-state index in [1.165, 1.54) is 0 Å². The number of carbonyl (C=O) groups is 2. The maximum Gasteiger partial charge on any atom is 0.244 e. The molecule has 7 nitrogen and oxygen atoms in total. The maximum absolute atomic E-state index is 14.2. The Morgan fingerprint density at radius 1 is 0.854 bits per heavy atom. The maximum atomic E-state index is 14.2. The Labute approximate surface area is 244 Å². The third-order valence-corrected chi connectivity index (χ3v) is 8.84. The number of nitrogens with one attached hydrogen (secondary N) is 1. The minimum Gasteiger partial charge on any atom is -0.352 e. The van der Waals surface area contributed by atoms with E-state index in [2.05, 4.69) is 19.2 Å². The van der Waals surface area contributed by atoms with Crippen LogP contribution in [-0.4, -0.2) is 50.0 Å². The molecule has 4 rings (SSSR count). The van der Waals surface area contributed by atoms with Gasteiger partial charge in [-0.3, -0.25) is 13.9 Å². The third kappa shape index (κ3) is 8.43. The molecule has 0 saturated heterocycles. The summed E-state index contributed by atoms with van der Waals surface area (Å²) in [5.41, 5.74) is 3.28. The van der Waals surface area contributed by atoms with Gasteiger partial charge in [-0.05, 0) is 47.6 Å². The molecule has 1 saturated carbocycles. The van der Waals surface area contributed by atoms with Crippen molar-refractivity contribution in [1.82, 2.24) is 10.2 Å². The van der Waals surface area contributed by atoms with E-state index in [4.69, 9.17) is 0 Å². The molecule has 1 N–H and O–H groups in total. The van der Waals surface area contributed by atoms with Gasteiger partial charge in [-0.15, -0.1) is 0 Å². The van der Waals surface area contributed by atoms with Crippen LogP contribution in [0.3, 0.4) is 0 Å². The molecule has 1 aliphatic carbocycles. The molecule has 8 heteroatoms. The molecular formula is C33H41N3O4S. The summed E-state index contributed by atoms with van der Waals surface area (Å²) in [6.45, 7) is 3.91. The molecule has 0 spiro atoms. The van der Waals surface area contributed by atoms with Gasteiger partial charge in [-0.1, -0.05) is 99.5 Å². The number of hydrogen-bond donors (Lipinski definition) is 1. The van der Waals surface area contributed by atoms with Gasteiger partial charge in [-0.25, -0.2) is 8.42 Å². The highest BCUT2D eigenvalue weighted by Crippen LogP contribution is 2.24. The summed E-state index contributed by atoms with van der Waals surface area (Å²) in [4.78, 5) is 29.6. The smallest absolute Gasteiger partial charge is 0.244 e. The minimum atomic E-state index is -3.79. The number of anilines is 1. The zero-order valence-electron chi connectivity index (χ0n) is 24.2. The lowest BCUT2D eigenvalue weighted by atomic mass is 10.0. The van der Waals surface area contributed by atoms with Gasteiger partial charge in [0.1, 0.15) is 12.6 Å². The van der Waals surface area contributed by atoms with Crippen molar-refractivity contribution in [3.05, 3.63) is 102 Å². The second-order valence-corrected chi connectivity index (χ2v) is 13.1. The number of carbonyl (C=O) groups excluding carboxylic acids is 2. The van der Waals surface area contributed by atoms with Crippen LogP contribution in [-0.2, 0) is 32.6 Å². The van der Waals surface area contributed by atoms with Crippen molar-refractivity contribution in [2.45, 2.75) is 70.5 Å². The molecule has 3 aromatic rings. The van der Waals surface area contributed by atoms with Crippen LogP contribution < -0.4 is 9.62 Å². The van der Waals surface area contributed by atoms with Gasteiger partial charge in [0.05, 0.1) is 11.9 Å². The number of rotatable bonds is 12. The molecule has 1 aliphatic rings. The largest absolute Gasteiger partial charge is 0.352 e. The first-order valence-electron chi connectivity index (χ1n) is 14.4. The van der Waals surface area contributed by atoms with Gasteiger partial charge in [0.15, 0.2) is 0 Å². The van der Waals surface area contributed by atoms with Gasteiger partial charge in [0.25, 0.3) is 0 Å². The van der Waals surface area contributed by atoms with Crippen LogP contribution in [0.4, 0.5) is 5.69 Å². The van der Waals surface area contributed by atoms with E-state index < -0.39 is 28.5 Å². The van der Waals surface area contributed by atoms with E-state index in [1.807, 2.05) is 72.8 Å². The van der Waals surface area contributed by atoms with Crippen molar-refractivity contribution in [3.63, 3.8) is 0 Å². The predicted molar refractivity (Wildman–Crippen MR) is 164 cm³/mol. The van der Waals surface area contributed by atoms with Crippen LogP contribution >= 0.6 is 0 Å². The van der Waals surface area contributed by atoms with Gasteiger partial charge in [-0.2, -0.15) is 0 Å². The van der Waals surface area contributed by atoms with Crippen LogP contribution in [0.1, 0.15) is 62.1 Å². The predicted octanol–water partition coefficient (Wildman–Crippen LogP) is 5.27. The number of hydrogen-bond acceptors (Lipinski definition) is 4. The highest BCUT2D eigenvalue weighted by atomic mass is 32.2. The van der Waals surface area contributed by atoms with Crippen LogP contribution in [0.15, 0.2) is 84.9 Å². The van der Waals surface area contributed by atoms with Crippen LogP contribution in [0, 0.1) is 0 Å². The van der Waals surface area contributed by atoms with Crippen LogP contribution in [0.2, 0.25) is 0 Å². The zero-order valence-corrected chi connectivity index (χ0v) is 25.0. The Morgan fingerprint density at radius 2 is 1.41 bits per heavy atom. The Morgan fingerprint density at radius 3 is 1.95 bits per heavy atom. The summed E-state index contributed by atoms with van der Waals surface area (Å²) >= 11 is 0. The van der Waals surface area contributed by atoms with Crippen molar-refractivity contribution >= 4 is 27.5 Å². The van der Waals surface area contributed by atoms with Crippen molar-refractivity contribution in [3.8, 4) is 0 Å². The van der Waals surface area contributed by atoms with Crippen molar-refractivity contribution in [2.24, 2.45) is 0 Å². The summed E-state index contributed by atoms with van der Waals surface area (Å²) < 4.78 is 27.1. The molecule has 1 fully saturated rings. The minimum absolute atomic E-state index is 0.0847. The summed E-state index contributed by atoms with van der Waals surface area (Å²) in [5.74, 6) is -0.359. The second-order valence-electron chi connectivity index (χ2n) is 11.2. The lowest BCUT2D eigenvalue weighted by Crippen LogP contribution is -2.54. The molecule has 0 radical (unpaired) electrons. The quantitative estimate of drug-likeness (QED) is 0.319. The fourth-order valence-electron chi connectivity index (χ4n) is 5.34. The van der Waals surface area contributed by atoms with Crippen molar-refractivity contribution < 1.29 is 18.0 Å². The van der Waals surface area contributed by atoms with E-state index in [9.17, 15) is 18.0 Å². The van der Waals surface area contributed by atoms with E-state index in [1.54, 1.807) is 17.0 Å². The fraction of sp³-hybridized carbons (Fsp3) is 0.394. The highest BCUT2D eigenvalue weighted by Gasteiger charge is 2.34. The first-order valence-corrected chi connectivity index (χ1v) is 16.2. The standard InChI is InChI=1S/C33H41N3O4S/c1-25(2)28-18-20-30(21-19-28)36(41(3,39)40)24-32(37)35(23-27-14-8-5-9-15-27)31(22-26-12-6-4-7-13-26)33(38)34-29-16-10-11-17-29/h4-9,12-15,18-21,25,29,31H,10-11,16-17,22-24H2,1-3H3,(H,34,38)/t31-/m0/s1. The zero-order chi connectivity index (χ0) is 29.4. The Hall–Kier alpha value is -3.65. The summed E-state index contributed by atoms with van der Waals surface area (Å²) in [7, 11) is -3.79. The number of sulfonamides is 1. The summed E-state index contributed by atoms with van der Waals surface area (Å²) in [6.07, 6.45) is 5.40. The first kappa shape index (κ1) is 30.3. The molecule has 0 heterocycles. The van der Waals surface area contributed by atoms with E-state index in [0.717, 1.165) is 52.9 Å². The molecule has 0 unspecified atom stereocenters. The molecular weight excluding hydrogens is 534 g/mol. The average molecular weight is 576 g/mol. The Kier molecular flexibility index (Phi) is 10.2. The Bertz CT molecular complexity index is 1390. The van der Waals surface area contributed by atoms with Gasteiger partial charge < -0.3 is 10.2 Å². The van der Waals surface area contributed by atoms with Crippen molar-refractivity contribution in [2.75, 3.05) is 17.1 Å². The number of benzene rings is 3. The monoisotopic (exact) mass is 575 g/mol. The molecule has 3 aromatic carbocycles. The van der Waals surface area contributed by atoms with E-state index >= 15 is 0 Å². The molecule has 0 bridgehead atoms. The highest BCUT2D eigenvalue weighted by molar-refractivity contribution is 7.92. The van der Waals surface area contributed by atoms with Crippen LogP contribution in [0.5, 0.6) is 0 Å². The summed E-state index contributed by atoms with van der Waals surface area (Å²) in [6, 6.07) is 25.7. The Balaban J connectivity index is 1.69. The lowest BCUT2D eigenvalue weighted by molar-refractivity contribution is -0.140. The number of nitrogens with zero attached hydrogens (tertiary/aromatic N) is 2. The molecule has 0 aromatic heterocycles. The molecule has 41 heavy (non-hydrogen) atoms. The van der Waals surface area contributed by atoms with Gasteiger partial charge in [0.2, 0.25) is 21.8 Å². The van der Waals surface area contributed by atoms with Gasteiger partial charge in [0, 0.05) is 19.0 Å². The first-order chi connectivity index (χ1) is 19.6. The molecule has 218 valence electrons. The number of amides is 2. The molecule has 2 amide bonds. The topological polar surface area (TPSA) is 86.8 Å². The van der Waals surface area contributed by atoms with E-state index in [-0.39, 0.29) is 24.4 Å². The summed E-state index contributed by atoms with van der Waals surface area (Å²) in [5, 5.41) is 3.19. The lowest BCUT2D eigenvalue weighted by Gasteiger charge is -2.34. The third-order valence-electron chi connectivity index (χ3n) is 7.70. The van der Waals surface area contributed by atoms with E-state index in [0.29, 0.717) is 12.1 Å². The SMILES string of the molecule is CC(C)c1ccc(N(CC(=O)N(Cc2ccccc2)[C@@H](Cc2ccccc2)C(=O)NC2CCCC2)S(C)(=O)=O)cc1. The van der Waals surface area contributed by atoms with Crippen LogP contribution in [0.25, 0.3) is 0 Å². The fourth-order valence-corrected chi connectivity index (χ4v) is 6.19. The van der Waals surface area contributed by atoms with Crippen molar-refractivity contribution in [1.29, 1.82) is 0 Å². The van der Waals surface area contributed by atoms with Gasteiger partial charge >= 0.3 is 0 Å². The molecule has 1 atom stereocenters. The molecule has 0 aliphatic heterocycles. The second kappa shape index (κ2) is 13.8. The normalized spacial score (nSPS) is 14.5. The average Bonchev–Trinajstić information content (AvgIpc) is 3.47.